The van der Waals surface area contributed by atoms with Gasteiger partial charge in [0.2, 0.25) is 0 Å². The van der Waals surface area contributed by atoms with Crippen molar-refractivity contribution in [3.63, 3.8) is 0 Å². The van der Waals surface area contributed by atoms with Gasteiger partial charge in [0.25, 0.3) is 0 Å². The van der Waals surface area contributed by atoms with E-state index in [4.69, 9.17) is 0 Å². The smallest absolute Gasteiger partial charge is 0.154 e. The quantitative estimate of drug-likeness (QED) is 0.833. The van der Waals surface area contributed by atoms with Crippen LogP contribution in [-0.2, 0) is 16.4 Å². The molecule has 0 radical (unpaired) electrons. The molecule has 1 unspecified atom stereocenters. The summed E-state index contributed by atoms with van der Waals surface area (Å²) in [5, 5.41) is 3.06. The third-order valence-electron chi connectivity index (χ3n) is 3.89. The molecule has 0 amide bonds. The van der Waals surface area contributed by atoms with Gasteiger partial charge in [-0.3, -0.25) is 0 Å². The van der Waals surface area contributed by atoms with Crippen LogP contribution in [-0.4, -0.2) is 31.0 Å². The lowest BCUT2D eigenvalue weighted by Gasteiger charge is -2.13. The van der Waals surface area contributed by atoms with E-state index >= 15 is 0 Å². The van der Waals surface area contributed by atoms with Gasteiger partial charge >= 0.3 is 0 Å². The Balaban J connectivity index is 1.97. The van der Waals surface area contributed by atoms with E-state index in [0.29, 0.717) is 12.6 Å². The highest BCUT2D eigenvalue weighted by Gasteiger charge is 2.31. The zero-order chi connectivity index (χ0) is 14.0. The van der Waals surface area contributed by atoms with Crippen LogP contribution in [0.3, 0.4) is 0 Å². The fraction of sp³-hybridized carbons (Fsp3) is 0.714. The molecule has 1 aliphatic carbocycles. The average molecular weight is 284 g/mol. The standard InChI is InChI=1S/C14H24N2O2S/c1-11(2)19(17,18)9-8-16-7-6-13(10-16)14(15-3)12-4-5-12/h6-7,10-12,14-15H,4-5,8-9H2,1-3H3. The minimum absolute atomic E-state index is 0.215. The number of nitrogens with one attached hydrogen (secondary N) is 1. The molecule has 1 aromatic heterocycles. The molecule has 1 saturated carbocycles. The molecule has 0 aliphatic heterocycles. The number of aryl methyl sites for hydroxylation is 1. The van der Waals surface area contributed by atoms with Crippen molar-refractivity contribution in [2.75, 3.05) is 12.8 Å². The van der Waals surface area contributed by atoms with Crippen molar-refractivity contribution in [2.45, 2.75) is 44.5 Å². The van der Waals surface area contributed by atoms with Gasteiger partial charge in [0, 0.05) is 25.0 Å². The molecule has 5 heteroatoms. The first-order chi connectivity index (χ1) is 8.94. The highest BCUT2D eigenvalue weighted by molar-refractivity contribution is 7.91. The Labute approximate surface area is 116 Å². The van der Waals surface area contributed by atoms with Crippen LogP contribution >= 0.6 is 0 Å². The molecule has 1 N–H and O–H groups in total. The predicted octanol–water partition coefficient (Wildman–Crippen LogP) is 1.98. The molecular weight excluding hydrogens is 260 g/mol. The third-order valence-corrected chi connectivity index (χ3v) is 6.08. The van der Waals surface area contributed by atoms with Crippen LogP contribution in [0.1, 0.15) is 38.3 Å². The van der Waals surface area contributed by atoms with Gasteiger partial charge in [0.05, 0.1) is 11.0 Å². The van der Waals surface area contributed by atoms with Crippen LogP contribution in [0, 0.1) is 5.92 Å². The van der Waals surface area contributed by atoms with Crippen molar-refractivity contribution in [3.8, 4) is 0 Å². The first-order valence-electron chi connectivity index (χ1n) is 6.98. The minimum atomic E-state index is -2.95. The monoisotopic (exact) mass is 284 g/mol. The second kappa shape index (κ2) is 5.67. The summed E-state index contributed by atoms with van der Waals surface area (Å²) in [5.41, 5.74) is 1.27. The Hall–Kier alpha value is -0.810. The molecular formula is C14H24N2O2S. The van der Waals surface area contributed by atoms with E-state index < -0.39 is 9.84 Å². The summed E-state index contributed by atoms with van der Waals surface area (Å²) in [4.78, 5) is 0. The van der Waals surface area contributed by atoms with E-state index in [0.717, 1.165) is 5.92 Å². The van der Waals surface area contributed by atoms with Crippen molar-refractivity contribution in [1.82, 2.24) is 9.88 Å². The molecule has 0 aromatic carbocycles. The van der Waals surface area contributed by atoms with E-state index in [1.54, 1.807) is 13.8 Å². The fourth-order valence-electron chi connectivity index (χ4n) is 2.35. The second-order valence-electron chi connectivity index (χ2n) is 5.70. The summed E-state index contributed by atoms with van der Waals surface area (Å²) in [6, 6.07) is 2.52. The van der Waals surface area contributed by atoms with E-state index in [9.17, 15) is 8.42 Å². The number of nitrogens with zero attached hydrogens (tertiary/aromatic N) is 1. The molecule has 1 fully saturated rings. The van der Waals surface area contributed by atoms with Crippen LogP contribution in [0.25, 0.3) is 0 Å². The molecule has 0 saturated heterocycles. The highest BCUT2D eigenvalue weighted by atomic mass is 32.2. The molecule has 0 bridgehead atoms. The molecule has 4 nitrogen and oxygen atoms in total. The van der Waals surface area contributed by atoms with Crippen LogP contribution in [0.2, 0.25) is 0 Å². The molecule has 2 rings (SSSR count). The molecule has 19 heavy (non-hydrogen) atoms. The largest absolute Gasteiger partial charge is 0.353 e. The molecule has 108 valence electrons. The zero-order valence-corrected chi connectivity index (χ0v) is 12.8. The third kappa shape index (κ3) is 3.60. The molecule has 1 heterocycles. The number of aromatic nitrogens is 1. The number of sulfone groups is 1. The van der Waals surface area contributed by atoms with Crippen LogP contribution < -0.4 is 5.32 Å². The van der Waals surface area contributed by atoms with E-state index in [1.807, 2.05) is 17.8 Å². The normalized spacial score (nSPS) is 17.9. The van der Waals surface area contributed by atoms with Crippen molar-refractivity contribution in [1.29, 1.82) is 0 Å². The van der Waals surface area contributed by atoms with Gasteiger partial charge in [-0.2, -0.15) is 0 Å². The topological polar surface area (TPSA) is 51.1 Å². The summed E-state index contributed by atoms with van der Waals surface area (Å²) in [6.45, 7) is 4.02. The summed E-state index contributed by atoms with van der Waals surface area (Å²) < 4.78 is 25.6. The maximum absolute atomic E-state index is 11.8. The summed E-state index contributed by atoms with van der Waals surface area (Å²) in [5.74, 6) is 0.965. The lowest BCUT2D eigenvalue weighted by Crippen LogP contribution is -2.21. The fourth-order valence-corrected chi connectivity index (χ4v) is 3.29. The lowest BCUT2D eigenvalue weighted by molar-refractivity contribution is 0.527. The first-order valence-corrected chi connectivity index (χ1v) is 8.70. The second-order valence-corrected chi connectivity index (χ2v) is 8.38. The van der Waals surface area contributed by atoms with Gasteiger partial charge in [0.1, 0.15) is 0 Å². The molecule has 1 aliphatic rings. The van der Waals surface area contributed by atoms with Crippen molar-refractivity contribution >= 4 is 9.84 Å². The Kier molecular flexibility index (Phi) is 4.36. The average Bonchev–Trinajstić information content (AvgIpc) is 3.06. The lowest BCUT2D eigenvalue weighted by atomic mass is 10.1. The van der Waals surface area contributed by atoms with Crippen LogP contribution in [0.15, 0.2) is 18.5 Å². The maximum Gasteiger partial charge on any atom is 0.154 e. The summed E-state index contributed by atoms with van der Waals surface area (Å²) in [7, 11) is -0.964. The van der Waals surface area contributed by atoms with Gasteiger partial charge in [-0.15, -0.1) is 0 Å². The Bertz CT molecular complexity index is 515. The van der Waals surface area contributed by atoms with Crippen molar-refractivity contribution in [2.24, 2.45) is 5.92 Å². The number of hydrogen-bond donors (Lipinski definition) is 1. The highest BCUT2D eigenvalue weighted by Crippen LogP contribution is 2.40. The number of rotatable bonds is 7. The van der Waals surface area contributed by atoms with E-state index in [1.165, 1.54) is 18.4 Å². The summed E-state index contributed by atoms with van der Waals surface area (Å²) in [6.07, 6.45) is 6.64. The molecule has 1 atom stereocenters. The van der Waals surface area contributed by atoms with Gasteiger partial charge in [-0.05, 0) is 51.3 Å². The Morgan fingerprint density at radius 1 is 1.42 bits per heavy atom. The minimum Gasteiger partial charge on any atom is -0.353 e. The molecule has 1 aromatic rings. The first kappa shape index (κ1) is 14.6. The van der Waals surface area contributed by atoms with Crippen LogP contribution in [0.4, 0.5) is 0 Å². The predicted molar refractivity (Wildman–Crippen MR) is 77.9 cm³/mol. The maximum atomic E-state index is 11.8. The zero-order valence-electron chi connectivity index (χ0n) is 12.0. The Morgan fingerprint density at radius 2 is 2.11 bits per heavy atom. The molecule has 0 spiro atoms. The van der Waals surface area contributed by atoms with Crippen LogP contribution in [0.5, 0.6) is 0 Å². The van der Waals surface area contributed by atoms with Gasteiger partial charge in [0.15, 0.2) is 9.84 Å². The van der Waals surface area contributed by atoms with Crippen molar-refractivity contribution < 1.29 is 8.42 Å². The van der Waals surface area contributed by atoms with Gasteiger partial charge < -0.3 is 9.88 Å². The Morgan fingerprint density at radius 3 is 2.63 bits per heavy atom. The van der Waals surface area contributed by atoms with Gasteiger partial charge in [-0.1, -0.05) is 0 Å². The summed E-state index contributed by atoms with van der Waals surface area (Å²) >= 11 is 0. The van der Waals surface area contributed by atoms with Crippen molar-refractivity contribution in [3.05, 3.63) is 24.0 Å². The number of hydrogen-bond acceptors (Lipinski definition) is 3. The van der Waals surface area contributed by atoms with E-state index in [2.05, 4.69) is 17.6 Å². The SMILES string of the molecule is CNC(c1ccn(CCS(=O)(=O)C(C)C)c1)C1CC1. The van der Waals surface area contributed by atoms with Gasteiger partial charge in [-0.25, -0.2) is 8.42 Å². The van der Waals surface area contributed by atoms with E-state index in [-0.39, 0.29) is 11.0 Å².